The highest BCUT2D eigenvalue weighted by Crippen LogP contribution is 2.21. The maximum Gasteiger partial charge on any atom is 0.159 e. The summed E-state index contributed by atoms with van der Waals surface area (Å²) in [5.74, 6) is 0.501. The highest BCUT2D eigenvalue weighted by Gasteiger charge is 2.07. The summed E-state index contributed by atoms with van der Waals surface area (Å²) in [6, 6.07) is 4.92. The molecule has 5 heteroatoms. The molecule has 0 heterocycles. The number of methoxy groups -OCH3 is 1. The van der Waals surface area contributed by atoms with E-state index in [9.17, 15) is 9.70 Å². The average molecular weight is 209 g/mol. The van der Waals surface area contributed by atoms with Crippen LogP contribution in [0.1, 0.15) is 22.8 Å². The zero-order valence-corrected chi connectivity index (χ0v) is 8.52. The van der Waals surface area contributed by atoms with Crippen LogP contribution in [0.4, 0.5) is 0 Å². The Morgan fingerprint density at radius 2 is 2.20 bits per heavy atom. The largest absolute Gasteiger partial charge is 0.496 e. The summed E-state index contributed by atoms with van der Waals surface area (Å²) in [5.41, 5.74) is 1.16. The van der Waals surface area contributed by atoms with E-state index in [2.05, 4.69) is 10.2 Å². The molecule has 15 heavy (non-hydrogen) atoms. The molecular formula is C10H11NO4. The predicted octanol–water partition coefficient (Wildman–Crippen LogP) is 2.10. The molecule has 0 aliphatic carbocycles. The number of benzene rings is 1. The van der Waals surface area contributed by atoms with Crippen LogP contribution in [0.2, 0.25) is 0 Å². The van der Waals surface area contributed by atoms with Crippen molar-refractivity contribution in [1.29, 1.82) is 0 Å². The fourth-order valence-corrected chi connectivity index (χ4v) is 1.21. The third kappa shape index (κ3) is 2.77. The van der Waals surface area contributed by atoms with Crippen LogP contribution in [0, 0.1) is 4.91 Å². The van der Waals surface area contributed by atoms with Gasteiger partial charge in [0.1, 0.15) is 12.4 Å². The SMILES string of the molecule is COc1ccc(C(C)=O)cc1CON=O. The molecule has 0 spiro atoms. The van der Waals surface area contributed by atoms with Crippen molar-refractivity contribution in [3.8, 4) is 5.75 Å². The Balaban J connectivity index is 3.01. The van der Waals surface area contributed by atoms with Crippen LogP contribution in [0.3, 0.4) is 0 Å². The van der Waals surface area contributed by atoms with Gasteiger partial charge in [-0.25, -0.2) is 0 Å². The summed E-state index contributed by atoms with van der Waals surface area (Å²) in [7, 11) is 1.50. The molecule has 0 saturated heterocycles. The summed E-state index contributed by atoms with van der Waals surface area (Å²) in [4.78, 5) is 25.3. The fourth-order valence-electron chi connectivity index (χ4n) is 1.21. The number of Topliss-reactive ketones (excluding diaryl/α,β-unsaturated/α-hetero) is 1. The maximum absolute atomic E-state index is 11.1. The van der Waals surface area contributed by atoms with Crippen molar-refractivity contribution >= 4 is 5.78 Å². The standard InChI is InChI=1S/C10H11NO4/c1-7(12)8-3-4-10(14-2)9(5-8)6-15-11-13/h3-5H,6H2,1-2H3. The van der Waals surface area contributed by atoms with Gasteiger partial charge in [0.05, 0.1) is 7.11 Å². The Kier molecular flexibility index (Phi) is 3.79. The molecule has 0 unspecified atom stereocenters. The third-order valence-electron chi connectivity index (χ3n) is 1.96. The van der Waals surface area contributed by atoms with Crippen LogP contribution < -0.4 is 4.74 Å². The number of rotatable bonds is 5. The fraction of sp³-hybridized carbons (Fsp3) is 0.300. The van der Waals surface area contributed by atoms with Crippen LogP contribution in [0.5, 0.6) is 5.75 Å². The second-order valence-electron chi connectivity index (χ2n) is 2.93. The van der Waals surface area contributed by atoms with Gasteiger partial charge in [-0.15, -0.1) is 4.91 Å². The van der Waals surface area contributed by atoms with Crippen LogP contribution in [-0.4, -0.2) is 12.9 Å². The molecule has 0 aliphatic heterocycles. The van der Waals surface area contributed by atoms with Crippen molar-refractivity contribution in [3.63, 3.8) is 0 Å². The predicted molar refractivity (Wildman–Crippen MR) is 53.6 cm³/mol. The minimum atomic E-state index is -0.0574. The van der Waals surface area contributed by atoms with Crippen molar-refractivity contribution in [2.45, 2.75) is 13.5 Å². The third-order valence-corrected chi connectivity index (χ3v) is 1.96. The van der Waals surface area contributed by atoms with Crippen molar-refractivity contribution < 1.29 is 14.4 Å². The van der Waals surface area contributed by atoms with E-state index in [1.54, 1.807) is 18.2 Å². The first-order valence-corrected chi connectivity index (χ1v) is 4.31. The Morgan fingerprint density at radius 1 is 1.47 bits per heavy atom. The Hall–Kier alpha value is -1.91. The lowest BCUT2D eigenvalue weighted by Crippen LogP contribution is -1.98. The molecule has 1 rings (SSSR count). The van der Waals surface area contributed by atoms with E-state index in [0.29, 0.717) is 16.9 Å². The summed E-state index contributed by atoms with van der Waals surface area (Å²) >= 11 is 0. The molecule has 5 nitrogen and oxygen atoms in total. The van der Waals surface area contributed by atoms with E-state index >= 15 is 0 Å². The van der Waals surface area contributed by atoms with E-state index < -0.39 is 0 Å². The van der Waals surface area contributed by atoms with E-state index in [4.69, 9.17) is 4.74 Å². The van der Waals surface area contributed by atoms with Gasteiger partial charge in [0, 0.05) is 11.1 Å². The first-order valence-electron chi connectivity index (χ1n) is 4.31. The topological polar surface area (TPSA) is 65.0 Å². The summed E-state index contributed by atoms with van der Waals surface area (Å²) in [5, 5.41) is 2.29. The van der Waals surface area contributed by atoms with E-state index in [0.717, 1.165) is 0 Å². The quantitative estimate of drug-likeness (QED) is 0.423. The summed E-state index contributed by atoms with van der Waals surface area (Å²) in [6.45, 7) is 1.46. The van der Waals surface area contributed by atoms with Gasteiger partial charge < -0.3 is 9.57 Å². The molecule has 1 aromatic carbocycles. The smallest absolute Gasteiger partial charge is 0.159 e. The zero-order valence-electron chi connectivity index (χ0n) is 8.52. The molecule has 0 aliphatic rings. The van der Waals surface area contributed by atoms with Crippen LogP contribution in [0.15, 0.2) is 23.5 Å². The zero-order chi connectivity index (χ0) is 11.3. The number of hydrogen-bond acceptors (Lipinski definition) is 5. The van der Waals surface area contributed by atoms with Crippen molar-refractivity contribution in [2.24, 2.45) is 5.34 Å². The lowest BCUT2D eigenvalue weighted by Gasteiger charge is -2.07. The molecule has 0 bridgehead atoms. The van der Waals surface area contributed by atoms with Gasteiger partial charge in [-0.3, -0.25) is 4.79 Å². The first-order chi connectivity index (χ1) is 7.19. The minimum absolute atomic E-state index is 0.00616. The van der Waals surface area contributed by atoms with Gasteiger partial charge in [-0.05, 0) is 25.1 Å². The maximum atomic E-state index is 11.1. The molecule has 0 fully saturated rings. The Bertz CT molecular complexity index is 376. The second kappa shape index (κ2) is 5.09. The van der Waals surface area contributed by atoms with Gasteiger partial charge in [-0.2, -0.15) is 0 Å². The molecule has 1 aromatic rings. The van der Waals surface area contributed by atoms with Gasteiger partial charge in [0.2, 0.25) is 0 Å². The van der Waals surface area contributed by atoms with E-state index in [1.165, 1.54) is 14.0 Å². The highest BCUT2D eigenvalue weighted by atomic mass is 16.7. The van der Waals surface area contributed by atoms with Crippen molar-refractivity contribution in [3.05, 3.63) is 34.2 Å². The lowest BCUT2D eigenvalue weighted by atomic mass is 10.1. The monoisotopic (exact) mass is 209 g/mol. The minimum Gasteiger partial charge on any atom is -0.496 e. The molecule has 80 valence electrons. The molecule has 0 N–H and O–H groups in total. The summed E-state index contributed by atoms with van der Waals surface area (Å²) < 4.78 is 5.04. The normalized spacial score (nSPS) is 9.47. The van der Waals surface area contributed by atoms with E-state index in [-0.39, 0.29) is 12.4 Å². The van der Waals surface area contributed by atoms with E-state index in [1.807, 2.05) is 0 Å². The molecular weight excluding hydrogens is 198 g/mol. The van der Waals surface area contributed by atoms with Gasteiger partial charge in [0.15, 0.2) is 11.1 Å². The molecule has 0 saturated carbocycles. The van der Waals surface area contributed by atoms with Crippen molar-refractivity contribution in [2.75, 3.05) is 7.11 Å². The number of hydrogen-bond donors (Lipinski definition) is 0. The highest BCUT2D eigenvalue weighted by molar-refractivity contribution is 5.94. The van der Waals surface area contributed by atoms with Crippen LogP contribution in [-0.2, 0) is 11.4 Å². The van der Waals surface area contributed by atoms with Crippen LogP contribution in [0.25, 0.3) is 0 Å². The number of nitrogens with zero attached hydrogens (tertiary/aromatic N) is 1. The molecule has 0 radical (unpaired) electrons. The molecule has 0 amide bonds. The van der Waals surface area contributed by atoms with Crippen molar-refractivity contribution in [1.82, 2.24) is 0 Å². The van der Waals surface area contributed by atoms with Gasteiger partial charge in [-0.1, -0.05) is 0 Å². The lowest BCUT2D eigenvalue weighted by molar-refractivity contribution is 0.101. The van der Waals surface area contributed by atoms with Crippen LogP contribution >= 0.6 is 0 Å². The number of ketones is 1. The second-order valence-corrected chi connectivity index (χ2v) is 2.93. The Morgan fingerprint density at radius 3 is 2.73 bits per heavy atom. The molecule has 0 aromatic heterocycles. The number of carbonyl (C=O) groups is 1. The summed E-state index contributed by atoms with van der Waals surface area (Å²) in [6.07, 6.45) is 0. The first kappa shape index (κ1) is 11.2. The van der Waals surface area contributed by atoms with Gasteiger partial charge in [0.25, 0.3) is 0 Å². The number of carbonyl (C=O) groups excluding carboxylic acids is 1. The Labute approximate surface area is 86.9 Å². The molecule has 0 atom stereocenters. The average Bonchev–Trinajstić information content (AvgIpc) is 2.25. The number of ether oxygens (including phenoxy) is 1. The van der Waals surface area contributed by atoms with Gasteiger partial charge >= 0.3 is 0 Å².